The SMILES string of the molecule is Cc1ccccc1CN(C)CC(=O)Nc1cc(S(=O)(=O)N2CCCCCC2)ccc1Cl. The lowest BCUT2D eigenvalue weighted by molar-refractivity contribution is -0.117. The molecule has 8 heteroatoms. The Morgan fingerprint density at radius 2 is 1.77 bits per heavy atom. The molecule has 1 aliphatic rings. The smallest absolute Gasteiger partial charge is 0.243 e. The Hall–Kier alpha value is -1.93. The van der Waals surface area contributed by atoms with Gasteiger partial charge in [-0.3, -0.25) is 9.69 Å². The number of nitrogens with zero attached hydrogens (tertiary/aromatic N) is 2. The number of anilines is 1. The maximum atomic E-state index is 13.1. The molecule has 0 atom stereocenters. The fourth-order valence-corrected chi connectivity index (χ4v) is 5.47. The Bertz CT molecular complexity index is 1020. The lowest BCUT2D eigenvalue weighted by Crippen LogP contribution is -2.32. The molecule has 31 heavy (non-hydrogen) atoms. The molecule has 0 aliphatic carbocycles. The number of aryl methyl sites for hydroxylation is 1. The van der Waals surface area contributed by atoms with Gasteiger partial charge in [0.2, 0.25) is 15.9 Å². The molecule has 6 nitrogen and oxygen atoms in total. The Kier molecular flexibility index (Phi) is 8.11. The minimum atomic E-state index is -3.62. The van der Waals surface area contributed by atoms with Gasteiger partial charge in [-0.1, -0.05) is 48.7 Å². The average Bonchev–Trinajstić information content (AvgIpc) is 3.01. The number of sulfonamides is 1. The van der Waals surface area contributed by atoms with E-state index in [9.17, 15) is 13.2 Å². The van der Waals surface area contributed by atoms with E-state index in [0.29, 0.717) is 30.3 Å². The van der Waals surface area contributed by atoms with E-state index in [1.165, 1.54) is 28.1 Å². The third-order valence-corrected chi connectivity index (χ3v) is 7.75. The molecule has 0 aromatic heterocycles. The molecule has 1 aliphatic heterocycles. The number of amides is 1. The molecule has 0 bridgehead atoms. The second kappa shape index (κ2) is 10.6. The average molecular weight is 464 g/mol. The van der Waals surface area contributed by atoms with Crippen molar-refractivity contribution in [3.8, 4) is 0 Å². The zero-order valence-corrected chi connectivity index (χ0v) is 19.7. The van der Waals surface area contributed by atoms with Gasteiger partial charge in [0, 0.05) is 19.6 Å². The first-order valence-electron chi connectivity index (χ1n) is 10.6. The summed E-state index contributed by atoms with van der Waals surface area (Å²) in [6, 6.07) is 12.5. The van der Waals surface area contributed by atoms with Crippen molar-refractivity contribution < 1.29 is 13.2 Å². The van der Waals surface area contributed by atoms with E-state index < -0.39 is 10.0 Å². The highest BCUT2D eigenvalue weighted by Gasteiger charge is 2.26. The molecule has 168 valence electrons. The summed E-state index contributed by atoms with van der Waals surface area (Å²) in [7, 11) is -1.75. The summed E-state index contributed by atoms with van der Waals surface area (Å²) in [5, 5.41) is 3.08. The van der Waals surface area contributed by atoms with Crippen LogP contribution in [0.2, 0.25) is 5.02 Å². The van der Waals surface area contributed by atoms with Crippen LogP contribution in [-0.2, 0) is 21.4 Å². The topological polar surface area (TPSA) is 69.7 Å². The van der Waals surface area contributed by atoms with Gasteiger partial charge in [-0.2, -0.15) is 4.31 Å². The van der Waals surface area contributed by atoms with Gasteiger partial charge in [-0.05, 0) is 56.1 Å². The van der Waals surface area contributed by atoms with Crippen LogP contribution in [0, 0.1) is 6.92 Å². The van der Waals surface area contributed by atoms with Crippen molar-refractivity contribution >= 4 is 33.2 Å². The molecule has 1 saturated heterocycles. The standard InChI is InChI=1S/C23H30ClN3O3S/c1-18-9-5-6-10-19(18)16-26(2)17-23(28)25-22-15-20(11-12-21(22)24)31(29,30)27-13-7-3-4-8-14-27/h5-6,9-12,15H,3-4,7-8,13-14,16-17H2,1-2H3,(H,25,28). The molecule has 1 fully saturated rings. The monoisotopic (exact) mass is 463 g/mol. The number of rotatable bonds is 7. The minimum absolute atomic E-state index is 0.155. The highest BCUT2D eigenvalue weighted by molar-refractivity contribution is 7.89. The van der Waals surface area contributed by atoms with Crippen molar-refractivity contribution in [2.24, 2.45) is 0 Å². The van der Waals surface area contributed by atoms with Crippen LogP contribution in [0.1, 0.15) is 36.8 Å². The predicted molar refractivity (Wildman–Crippen MR) is 125 cm³/mol. The second-order valence-corrected chi connectivity index (χ2v) is 10.5. The predicted octanol–water partition coefficient (Wildman–Crippen LogP) is 4.28. The summed E-state index contributed by atoms with van der Waals surface area (Å²) in [6.45, 7) is 3.89. The number of hydrogen-bond acceptors (Lipinski definition) is 4. The molecule has 0 spiro atoms. The van der Waals surface area contributed by atoms with E-state index >= 15 is 0 Å². The summed E-state index contributed by atoms with van der Waals surface area (Å²) >= 11 is 6.25. The lowest BCUT2D eigenvalue weighted by atomic mass is 10.1. The van der Waals surface area contributed by atoms with Gasteiger partial charge in [0.1, 0.15) is 0 Å². The van der Waals surface area contributed by atoms with Crippen LogP contribution in [0.15, 0.2) is 47.4 Å². The third kappa shape index (κ3) is 6.29. The van der Waals surface area contributed by atoms with Crippen molar-refractivity contribution in [3.63, 3.8) is 0 Å². The van der Waals surface area contributed by atoms with Crippen molar-refractivity contribution in [2.75, 3.05) is 32.0 Å². The van der Waals surface area contributed by atoms with E-state index in [2.05, 4.69) is 5.32 Å². The van der Waals surface area contributed by atoms with Crippen LogP contribution in [0.4, 0.5) is 5.69 Å². The minimum Gasteiger partial charge on any atom is -0.324 e. The molecule has 0 saturated carbocycles. The second-order valence-electron chi connectivity index (χ2n) is 8.11. The maximum absolute atomic E-state index is 13.1. The van der Waals surface area contributed by atoms with Gasteiger partial charge in [0.05, 0.1) is 22.2 Å². The quantitative estimate of drug-likeness (QED) is 0.665. The van der Waals surface area contributed by atoms with Crippen molar-refractivity contribution in [1.29, 1.82) is 0 Å². The zero-order chi connectivity index (χ0) is 22.4. The third-order valence-electron chi connectivity index (χ3n) is 5.53. The Balaban J connectivity index is 1.68. The normalized spacial score (nSPS) is 15.6. The number of carbonyl (C=O) groups is 1. The first-order chi connectivity index (χ1) is 14.8. The molecule has 0 unspecified atom stereocenters. The van der Waals surface area contributed by atoms with Gasteiger partial charge in [-0.15, -0.1) is 0 Å². The van der Waals surface area contributed by atoms with Crippen LogP contribution >= 0.6 is 11.6 Å². The van der Waals surface area contributed by atoms with Gasteiger partial charge in [-0.25, -0.2) is 8.42 Å². The van der Waals surface area contributed by atoms with Gasteiger partial charge < -0.3 is 5.32 Å². The summed E-state index contributed by atoms with van der Waals surface area (Å²) in [4.78, 5) is 14.6. The summed E-state index contributed by atoms with van der Waals surface area (Å²) in [5.41, 5.74) is 2.64. The van der Waals surface area contributed by atoms with E-state index in [1.807, 2.05) is 43.1 Å². The van der Waals surface area contributed by atoms with Gasteiger partial charge >= 0.3 is 0 Å². The van der Waals surface area contributed by atoms with Gasteiger partial charge in [0.25, 0.3) is 0 Å². The number of carbonyl (C=O) groups excluding carboxylic acids is 1. The molecule has 2 aromatic carbocycles. The largest absolute Gasteiger partial charge is 0.324 e. The van der Waals surface area contributed by atoms with Crippen LogP contribution in [0.3, 0.4) is 0 Å². The maximum Gasteiger partial charge on any atom is 0.243 e. The van der Waals surface area contributed by atoms with E-state index in [-0.39, 0.29) is 17.3 Å². The number of likely N-dealkylation sites (N-methyl/N-ethyl adjacent to an activating group) is 1. The van der Waals surface area contributed by atoms with E-state index in [1.54, 1.807) is 0 Å². The zero-order valence-electron chi connectivity index (χ0n) is 18.1. The lowest BCUT2D eigenvalue weighted by Gasteiger charge is -2.21. The Labute approximate surface area is 190 Å². The van der Waals surface area contributed by atoms with Crippen molar-refractivity contribution in [2.45, 2.75) is 44.0 Å². The highest BCUT2D eigenvalue weighted by Crippen LogP contribution is 2.28. The van der Waals surface area contributed by atoms with Crippen molar-refractivity contribution in [3.05, 3.63) is 58.6 Å². The summed E-state index contributed by atoms with van der Waals surface area (Å²) in [5.74, 6) is -0.248. The summed E-state index contributed by atoms with van der Waals surface area (Å²) in [6.07, 6.45) is 3.82. The van der Waals surface area contributed by atoms with Crippen LogP contribution in [-0.4, -0.2) is 50.2 Å². The first kappa shape index (κ1) is 23.7. The highest BCUT2D eigenvalue weighted by atomic mass is 35.5. The fourth-order valence-electron chi connectivity index (χ4n) is 3.76. The molecule has 2 aromatic rings. The van der Waals surface area contributed by atoms with Crippen LogP contribution < -0.4 is 5.32 Å². The molecular weight excluding hydrogens is 434 g/mol. The van der Waals surface area contributed by atoms with E-state index in [4.69, 9.17) is 11.6 Å². The van der Waals surface area contributed by atoms with Gasteiger partial charge in [0.15, 0.2) is 0 Å². The molecule has 1 heterocycles. The van der Waals surface area contributed by atoms with Crippen LogP contribution in [0.5, 0.6) is 0 Å². The van der Waals surface area contributed by atoms with E-state index in [0.717, 1.165) is 31.2 Å². The number of hydrogen-bond donors (Lipinski definition) is 1. The van der Waals surface area contributed by atoms with Crippen molar-refractivity contribution in [1.82, 2.24) is 9.21 Å². The molecule has 1 N–H and O–H groups in total. The fraction of sp³-hybridized carbons (Fsp3) is 0.435. The summed E-state index contributed by atoms with van der Waals surface area (Å²) < 4.78 is 27.7. The first-order valence-corrected chi connectivity index (χ1v) is 12.4. The molecule has 3 rings (SSSR count). The Morgan fingerprint density at radius 1 is 1.10 bits per heavy atom. The number of nitrogens with one attached hydrogen (secondary N) is 1. The molecule has 0 radical (unpaired) electrons. The number of halogens is 1. The molecule has 1 amide bonds. The Morgan fingerprint density at radius 3 is 2.45 bits per heavy atom. The molecular formula is C23H30ClN3O3S. The van der Waals surface area contributed by atoms with Crippen LogP contribution in [0.25, 0.3) is 0 Å². The number of benzene rings is 2.